The van der Waals surface area contributed by atoms with Gasteiger partial charge in [0.15, 0.2) is 0 Å². The van der Waals surface area contributed by atoms with Crippen LogP contribution in [-0.2, 0) is 6.42 Å². The fraction of sp³-hybridized carbons (Fsp3) is 0.647. The quantitative estimate of drug-likeness (QED) is 0.752. The Morgan fingerprint density at radius 3 is 2.33 bits per heavy atom. The molecule has 0 aromatic heterocycles. The maximum atomic E-state index is 3.65. The molecule has 0 heterocycles. The molecule has 1 rings (SSSR count). The second kappa shape index (κ2) is 7.58. The van der Waals surface area contributed by atoms with Gasteiger partial charge in [-0.3, -0.25) is 0 Å². The van der Waals surface area contributed by atoms with E-state index in [1.807, 2.05) is 0 Å². The number of nitrogens with one attached hydrogen (secondary N) is 1. The minimum atomic E-state index is 0.223. The number of unbranched alkanes of at least 4 members (excludes halogenated alkanes) is 1. The summed E-state index contributed by atoms with van der Waals surface area (Å²) in [6.45, 7) is 10.1. The third-order valence-corrected chi connectivity index (χ3v) is 3.25. The van der Waals surface area contributed by atoms with E-state index in [2.05, 4.69) is 63.3 Å². The molecule has 1 heteroatoms. The molecule has 0 aliphatic heterocycles. The number of rotatable bonds is 7. The van der Waals surface area contributed by atoms with E-state index in [0.29, 0.717) is 0 Å². The molecule has 1 N–H and O–H groups in total. The summed E-state index contributed by atoms with van der Waals surface area (Å²) < 4.78 is 0. The van der Waals surface area contributed by atoms with Crippen molar-refractivity contribution in [3.8, 4) is 0 Å². The van der Waals surface area contributed by atoms with Crippen LogP contribution < -0.4 is 5.32 Å². The fourth-order valence-electron chi connectivity index (χ4n) is 2.17. The van der Waals surface area contributed by atoms with E-state index in [0.717, 1.165) is 12.5 Å². The molecule has 0 saturated heterocycles. The molecule has 0 spiro atoms. The summed E-state index contributed by atoms with van der Waals surface area (Å²) in [4.78, 5) is 0. The van der Waals surface area contributed by atoms with Crippen LogP contribution in [0.25, 0.3) is 0 Å². The molecule has 1 aromatic rings. The molecule has 102 valence electrons. The highest BCUT2D eigenvalue weighted by Crippen LogP contribution is 2.16. The molecular weight excluding hydrogens is 218 g/mol. The van der Waals surface area contributed by atoms with Gasteiger partial charge in [-0.2, -0.15) is 0 Å². The van der Waals surface area contributed by atoms with Crippen LogP contribution in [0.2, 0.25) is 0 Å². The summed E-state index contributed by atoms with van der Waals surface area (Å²) >= 11 is 0. The van der Waals surface area contributed by atoms with Crippen molar-refractivity contribution in [2.45, 2.75) is 58.9 Å². The number of benzene rings is 1. The van der Waals surface area contributed by atoms with Crippen LogP contribution in [0.1, 0.15) is 52.5 Å². The molecule has 1 nitrogen and oxygen atoms in total. The maximum Gasteiger partial charge on any atom is 0.00966 e. The molecule has 1 atom stereocenters. The average molecular weight is 247 g/mol. The van der Waals surface area contributed by atoms with E-state index < -0.39 is 0 Å². The van der Waals surface area contributed by atoms with Crippen LogP contribution in [-0.4, -0.2) is 12.1 Å². The first-order valence-electron chi connectivity index (χ1n) is 7.30. The molecule has 0 fully saturated rings. The minimum Gasteiger partial charge on any atom is -0.312 e. The first kappa shape index (κ1) is 15.2. The fourth-order valence-corrected chi connectivity index (χ4v) is 2.17. The van der Waals surface area contributed by atoms with E-state index in [9.17, 15) is 0 Å². The van der Waals surface area contributed by atoms with Gasteiger partial charge < -0.3 is 5.32 Å². The third kappa shape index (κ3) is 6.80. The maximum absolute atomic E-state index is 3.65. The van der Waals surface area contributed by atoms with Crippen LogP contribution in [0.15, 0.2) is 30.3 Å². The van der Waals surface area contributed by atoms with Crippen LogP contribution in [0, 0.1) is 5.92 Å². The first-order chi connectivity index (χ1) is 8.51. The van der Waals surface area contributed by atoms with E-state index >= 15 is 0 Å². The second-order valence-corrected chi connectivity index (χ2v) is 6.33. The lowest BCUT2D eigenvalue weighted by atomic mass is 9.93. The Morgan fingerprint density at radius 2 is 1.78 bits per heavy atom. The zero-order valence-electron chi connectivity index (χ0n) is 12.5. The van der Waals surface area contributed by atoms with Crippen molar-refractivity contribution >= 4 is 0 Å². The molecule has 0 aliphatic carbocycles. The third-order valence-electron chi connectivity index (χ3n) is 3.25. The lowest BCUT2D eigenvalue weighted by Crippen LogP contribution is -2.39. The summed E-state index contributed by atoms with van der Waals surface area (Å²) in [5.74, 6) is 0.756. The van der Waals surface area contributed by atoms with Crippen molar-refractivity contribution in [2.24, 2.45) is 5.92 Å². The predicted molar refractivity (Wildman–Crippen MR) is 80.9 cm³/mol. The zero-order valence-corrected chi connectivity index (χ0v) is 12.5. The zero-order chi connectivity index (χ0) is 13.4. The van der Waals surface area contributed by atoms with Crippen LogP contribution in [0.4, 0.5) is 0 Å². The average Bonchev–Trinajstić information content (AvgIpc) is 2.33. The van der Waals surface area contributed by atoms with Crippen LogP contribution >= 0.6 is 0 Å². The van der Waals surface area contributed by atoms with Crippen molar-refractivity contribution in [2.75, 3.05) is 6.54 Å². The highest BCUT2D eigenvalue weighted by molar-refractivity contribution is 5.15. The Labute approximate surface area is 113 Å². The smallest absolute Gasteiger partial charge is 0.00966 e. The van der Waals surface area contributed by atoms with Crippen LogP contribution in [0.5, 0.6) is 0 Å². The Kier molecular flexibility index (Phi) is 6.42. The van der Waals surface area contributed by atoms with E-state index in [-0.39, 0.29) is 5.54 Å². The van der Waals surface area contributed by atoms with Gasteiger partial charge in [-0.1, -0.05) is 50.1 Å². The lowest BCUT2D eigenvalue weighted by Gasteiger charge is -2.25. The number of hydrogen-bond acceptors (Lipinski definition) is 1. The highest BCUT2D eigenvalue weighted by atomic mass is 14.9. The predicted octanol–water partition coefficient (Wildman–Crippen LogP) is 4.42. The summed E-state index contributed by atoms with van der Waals surface area (Å²) in [5, 5.41) is 3.65. The van der Waals surface area contributed by atoms with Gasteiger partial charge in [0.1, 0.15) is 0 Å². The topological polar surface area (TPSA) is 12.0 Å². The van der Waals surface area contributed by atoms with Gasteiger partial charge in [0.05, 0.1) is 0 Å². The normalized spacial score (nSPS) is 13.6. The summed E-state index contributed by atoms with van der Waals surface area (Å²) in [5.41, 5.74) is 1.69. The first-order valence-corrected chi connectivity index (χ1v) is 7.30. The van der Waals surface area contributed by atoms with E-state index in [1.54, 1.807) is 0 Å². The van der Waals surface area contributed by atoms with E-state index in [1.165, 1.54) is 31.2 Å². The van der Waals surface area contributed by atoms with Gasteiger partial charge in [0, 0.05) is 5.54 Å². The molecule has 0 saturated carbocycles. The van der Waals surface area contributed by atoms with Gasteiger partial charge in [-0.25, -0.2) is 0 Å². The largest absolute Gasteiger partial charge is 0.312 e. The van der Waals surface area contributed by atoms with Crippen molar-refractivity contribution < 1.29 is 0 Å². The highest BCUT2D eigenvalue weighted by Gasteiger charge is 2.14. The summed E-state index contributed by atoms with van der Waals surface area (Å²) in [7, 11) is 0. The standard InChI is InChI=1S/C17H29N/c1-5-6-10-16(14-18-17(2,3)4)13-15-11-8-7-9-12-15/h7-9,11-12,16,18H,5-6,10,13-14H2,1-4H3. The van der Waals surface area contributed by atoms with Gasteiger partial charge in [-0.15, -0.1) is 0 Å². The second-order valence-electron chi connectivity index (χ2n) is 6.33. The molecule has 0 bridgehead atoms. The molecule has 1 unspecified atom stereocenters. The molecule has 0 aliphatic rings. The summed E-state index contributed by atoms with van der Waals surface area (Å²) in [6, 6.07) is 10.9. The molecule has 1 aromatic carbocycles. The van der Waals surface area contributed by atoms with Crippen molar-refractivity contribution in [1.29, 1.82) is 0 Å². The lowest BCUT2D eigenvalue weighted by molar-refractivity contribution is 0.351. The monoisotopic (exact) mass is 247 g/mol. The minimum absolute atomic E-state index is 0.223. The Hall–Kier alpha value is -0.820. The Morgan fingerprint density at radius 1 is 1.11 bits per heavy atom. The Balaban J connectivity index is 2.50. The van der Waals surface area contributed by atoms with Crippen LogP contribution in [0.3, 0.4) is 0 Å². The molecule has 0 amide bonds. The molecule has 0 radical (unpaired) electrons. The van der Waals surface area contributed by atoms with Crippen molar-refractivity contribution in [3.05, 3.63) is 35.9 Å². The Bertz CT molecular complexity index is 310. The van der Waals surface area contributed by atoms with E-state index in [4.69, 9.17) is 0 Å². The number of hydrogen-bond donors (Lipinski definition) is 1. The van der Waals surface area contributed by atoms with Crippen molar-refractivity contribution in [1.82, 2.24) is 5.32 Å². The van der Waals surface area contributed by atoms with Gasteiger partial charge >= 0.3 is 0 Å². The van der Waals surface area contributed by atoms with Gasteiger partial charge in [0.2, 0.25) is 0 Å². The summed E-state index contributed by atoms with van der Waals surface area (Å²) in [6.07, 6.45) is 5.16. The van der Waals surface area contributed by atoms with Gasteiger partial charge in [-0.05, 0) is 51.6 Å². The SMILES string of the molecule is CCCCC(CNC(C)(C)C)Cc1ccccc1. The van der Waals surface area contributed by atoms with Gasteiger partial charge in [0.25, 0.3) is 0 Å². The molecule has 18 heavy (non-hydrogen) atoms. The van der Waals surface area contributed by atoms with Crippen molar-refractivity contribution in [3.63, 3.8) is 0 Å². The molecular formula is C17H29N.